The molecule has 20 nitrogen and oxygen atoms in total. The van der Waals surface area contributed by atoms with E-state index in [0.29, 0.717) is 121 Å². The molecular formula is C45H47N11O9. The summed E-state index contributed by atoms with van der Waals surface area (Å²) in [6.45, 7) is 7.58. The third-order valence-electron chi connectivity index (χ3n) is 11.7. The molecule has 10 rings (SSSR count). The number of benzene rings is 5. The van der Waals surface area contributed by atoms with E-state index in [-0.39, 0.29) is 33.4 Å². The maximum absolute atomic E-state index is 12.0. The van der Waals surface area contributed by atoms with Crippen LogP contribution in [0.5, 0.6) is 17.2 Å². The van der Waals surface area contributed by atoms with Crippen LogP contribution in [0.25, 0.3) is 22.1 Å². The molecule has 1 N–H and O–H groups in total. The lowest BCUT2D eigenvalue weighted by Gasteiger charge is -2.32. The van der Waals surface area contributed by atoms with Gasteiger partial charge in [0.25, 0.3) is 0 Å². The van der Waals surface area contributed by atoms with Crippen molar-refractivity contribution < 1.29 is 33.3 Å². The fourth-order valence-corrected chi connectivity index (χ4v) is 8.32. The fourth-order valence-electron chi connectivity index (χ4n) is 8.32. The van der Waals surface area contributed by atoms with Gasteiger partial charge < -0.3 is 29.3 Å². The second-order valence-electron chi connectivity index (χ2n) is 15.7. The first kappa shape index (κ1) is 42.9. The Morgan fingerprint density at radius 3 is 1.37 bits per heavy atom. The summed E-state index contributed by atoms with van der Waals surface area (Å²) in [7, 11) is 0. The lowest BCUT2D eigenvalue weighted by molar-refractivity contribution is -0.383. The fraction of sp³-hybridized carbons (Fsp3) is 0.333. The quantitative estimate of drug-likeness (QED) is 0.162. The Kier molecular flexibility index (Phi) is 13.2. The Morgan fingerprint density at radius 1 is 0.477 bits per heavy atom. The summed E-state index contributed by atoms with van der Waals surface area (Å²) in [6, 6.07) is 30.0. The van der Waals surface area contributed by atoms with E-state index < -0.39 is 9.85 Å². The van der Waals surface area contributed by atoms with Crippen molar-refractivity contribution in [3.8, 4) is 17.2 Å². The molecule has 0 atom stereocenters. The highest BCUT2D eigenvalue weighted by molar-refractivity contribution is 5.94. The van der Waals surface area contributed by atoms with E-state index in [0.717, 1.165) is 22.4 Å². The van der Waals surface area contributed by atoms with Gasteiger partial charge in [0.15, 0.2) is 11.0 Å². The van der Waals surface area contributed by atoms with Gasteiger partial charge in [0.2, 0.25) is 11.0 Å². The second kappa shape index (κ2) is 20.0. The number of nitro groups is 2. The predicted octanol–water partition coefficient (Wildman–Crippen LogP) is 5.85. The van der Waals surface area contributed by atoms with Gasteiger partial charge in [-0.1, -0.05) is 54.6 Å². The van der Waals surface area contributed by atoms with Crippen molar-refractivity contribution in [3.63, 3.8) is 0 Å². The molecule has 0 amide bonds. The van der Waals surface area contributed by atoms with Gasteiger partial charge in [-0.3, -0.25) is 30.0 Å². The van der Waals surface area contributed by atoms with E-state index in [9.17, 15) is 20.2 Å². The molecule has 0 saturated heterocycles. The first-order valence-corrected chi connectivity index (χ1v) is 21.5. The summed E-state index contributed by atoms with van der Waals surface area (Å²) in [6.07, 6.45) is 0. The van der Waals surface area contributed by atoms with Gasteiger partial charge in [-0.25, -0.2) is 9.26 Å². The summed E-state index contributed by atoms with van der Waals surface area (Å²) in [5.41, 5.74) is 4.39. The maximum Gasteiger partial charge on any atom is 0.300 e. The molecule has 2 aromatic heterocycles. The lowest BCUT2D eigenvalue weighted by atomic mass is 10.1. The zero-order chi connectivity index (χ0) is 44.5. The minimum atomic E-state index is -0.492. The number of fused-ring (bicyclic) bond motifs is 17. The number of hydrogen-bond acceptors (Lipinski definition) is 18. The van der Waals surface area contributed by atoms with E-state index in [1.165, 1.54) is 12.1 Å². The van der Waals surface area contributed by atoms with Crippen LogP contribution in [-0.4, -0.2) is 119 Å². The smallest absolute Gasteiger partial charge is 0.300 e. The summed E-state index contributed by atoms with van der Waals surface area (Å²) in [5.74, 6) is 2.23. The Balaban J connectivity index is 1.13. The number of aromatic nitrogens is 4. The summed E-state index contributed by atoms with van der Waals surface area (Å²) in [4.78, 5) is 31.9. The molecule has 0 spiro atoms. The molecule has 336 valence electrons. The second-order valence-corrected chi connectivity index (χ2v) is 15.7. The van der Waals surface area contributed by atoms with Crippen LogP contribution in [0, 0.1) is 20.2 Å². The Morgan fingerprint density at radius 2 is 0.892 bits per heavy atom. The van der Waals surface area contributed by atoms with Gasteiger partial charge in [-0.15, -0.1) is 0 Å². The van der Waals surface area contributed by atoms with Gasteiger partial charge in [-0.2, -0.15) is 0 Å². The van der Waals surface area contributed by atoms with Crippen LogP contribution in [0.2, 0.25) is 0 Å². The number of para-hydroxylation sites is 3. The molecule has 3 aliphatic heterocycles. The van der Waals surface area contributed by atoms with Crippen LogP contribution in [0.4, 0.5) is 22.7 Å². The van der Waals surface area contributed by atoms with Crippen LogP contribution in [0.1, 0.15) is 16.7 Å². The largest absolute Gasteiger partial charge is 0.492 e. The van der Waals surface area contributed by atoms with Crippen molar-refractivity contribution in [2.24, 2.45) is 0 Å². The molecule has 0 saturated carbocycles. The normalized spacial score (nSPS) is 18.3. The molecule has 5 heterocycles. The molecular weight excluding hydrogens is 839 g/mol. The zero-order valence-electron chi connectivity index (χ0n) is 35.5. The van der Waals surface area contributed by atoms with Crippen molar-refractivity contribution in [1.82, 2.24) is 35.7 Å². The van der Waals surface area contributed by atoms with Crippen LogP contribution in [-0.2, 0) is 19.6 Å². The Labute approximate surface area is 372 Å². The van der Waals surface area contributed by atoms with Crippen LogP contribution >= 0.6 is 0 Å². The van der Waals surface area contributed by atoms with Gasteiger partial charge in [0.05, 0.1) is 21.2 Å². The average Bonchev–Trinajstić information content (AvgIpc) is 4.02. The van der Waals surface area contributed by atoms with Gasteiger partial charge in [0.1, 0.15) is 37.1 Å². The number of nitro benzene ring substituents is 2. The number of non-ortho nitro benzene ring substituents is 2. The lowest BCUT2D eigenvalue weighted by Crippen LogP contribution is -2.42. The number of hydrogen-bond donors (Lipinski definition) is 1. The molecule has 2 bridgehead atoms. The van der Waals surface area contributed by atoms with Crippen molar-refractivity contribution in [3.05, 3.63) is 134 Å². The van der Waals surface area contributed by atoms with E-state index in [1.807, 2.05) is 66.7 Å². The highest BCUT2D eigenvalue weighted by Gasteiger charge is 2.27. The van der Waals surface area contributed by atoms with Crippen LogP contribution in [0.15, 0.2) is 106 Å². The van der Waals surface area contributed by atoms with Gasteiger partial charge in [0, 0.05) is 107 Å². The molecule has 3 aliphatic rings. The number of ether oxygens (including phenoxy) is 3. The van der Waals surface area contributed by atoms with Crippen molar-refractivity contribution in [1.29, 1.82) is 0 Å². The Bertz CT molecular complexity index is 2610. The SMILES string of the molecule is O=[N+]([O-])c1ccc(N2CCN3CCNCc4ccccc4OCCN(CCOc4ccccc4C2)CCOc2ccccc2CN(c2ccc([N+](=O)[O-])c4nonc24)CC3)c2nonc12. The minimum Gasteiger partial charge on any atom is -0.492 e. The molecule has 20 heteroatoms. The van der Waals surface area contributed by atoms with Crippen LogP contribution < -0.4 is 29.3 Å². The van der Waals surface area contributed by atoms with Gasteiger partial charge in [-0.05, 0) is 51.0 Å². The number of rotatable bonds is 4. The summed E-state index contributed by atoms with van der Waals surface area (Å²) in [5, 5.41) is 43.9. The molecule has 0 radical (unpaired) electrons. The van der Waals surface area contributed by atoms with Crippen molar-refractivity contribution >= 4 is 44.8 Å². The predicted molar refractivity (Wildman–Crippen MR) is 239 cm³/mol. The molecule has 7 aromatic rings. The number of nitrogens with one attached hydrogen (secondary N) is 1. The maximum atomic E-state index is 12.0. The number of nitrogens with zero attached hydrogens (tertiary/aromatic N) is 10. The molecule has 0 fully saturated rings. The Hall–Kier alpha value is -7.42. The van der Waals surface area contributed by atoms with E-state index >= 15 is 0 Å². The highest BCUT2D eigenvalue weighted by atomic mass is 16.6. The molecule has 0 aliphatic carbocycles. The van der Waals surface area contributed by atoms with E-state index in [2.05, 4.69) is 51.6 Å². The average molecular weight is 886 g/mol. The molecule has 0 unspecified atom stereocenters. The van der Waals surface area contributed by atoms with Crippen molar-refractivity contribution in [2.45, 2.75) is 19.6 Å². The third kappa shape index (κ3) is 9.89. The van der Waals surface area contributed by atoms with E-state index in [4.69, 9.17) is 23.5 Å². The summed E-state index contributed by atoms with van der Waals surface area (Å²) < 4.78 is 29.7. The van der Waals surface area contributed by atoms with Gasteiger partial charge >= 0.3 is 11.4 Å². The van der Waals surface area contributed by atoms with E-state index in [1.54, 1.807) is 12.1 Å². The topological polar surface area (TPSA) is 217 Å². The third-order valence-corrected chi connectivity index (χ3v) is 11.7. The monoisotopic (exact) mass is 885 g/mol. The van der Waals surface area contributed by atoms with Crippen molar-refractivity contribution in [2.75, 3.05) is 88.5 Å². The zero-order valence-corrected chi connectivity index (χ0v) is 35.5. The molecule has 65 heavy (non-hydrogen) atoms. The van der Waals surface area contributed by atoms with Crippen LogP contribution in [0.3, 0.4) is 0 Å². The minimum absolute atomic E-state index is 0.0620. The molecule has 5 aromatic carbocycles. The highest BCUT2D eigenvalue weighted by Crippen LogP contribution is 2.35. The number of anilines is 2. The first-order valence-electron chi connectivity index (χ1n) is 21.5. The standard InChI is InChI=1S/C45H47N11O9/c57-55(58)37-15-13-35(42-44(37)49-64-47-42)53-21-19-51-18-17-46-29-32-7-1-4-10-39(32)61-26-23-52(24-27-62-40-11-5-2-8-33(40)30-53)25-28-63-41-12-6-3-9-34(41)31-54(22-20-51)36-14-16-38(56(59)60)45-43(36)48-65-50-45/h1-16,46H,17-31H2. The summed E-state index contributed by atoms with van der Waals surface area (Å²) >= 11 is 0. The first-order chi connectivity index (χ1) is 31.9.